The zero-order chi connectivity index (χ0) is 25.5. The van der Waals surface area contributed by atoms with Gasteiger partial charge < -0.3 is 5.11 Å². The van der Waals surface area contributed by atoms with Crippen LogP contribution in [0.3, 0.4) is 0 Å². The standard InChI is InChI=1S/C19H28F12O/c1-2-11-14(20,21)16(24,25)18(28,29)19(30,31)17(26,27)15(22,23)12-9-7-5-3-4-6-8-10-13-32/h32H,2-13H2,1H3. The first-order valence-corrected chi connectivity index (χ1v) is 10.2. The lowest BCUT2D eigenvalue weighted by Gasteiger charge is -2.41. The highest BCUT2D eigenvalue weighted by Crippen LogP contribution is 2.61. The zero-order valence-electron chi connectivity index (χ0n) is 17.5. The summed E-state index contributed by atoms with van der Waals surface area (Å²) in [5.74, 6) is -40.6. The van der Waals surface area contributed by atoms with Crippen LogP contribution in [0.1, 0.15) is 77.6 Å². The van der Waals surface area contributed by atoms with Crippen LogP contribution >= 0.6 is 0 Å². The second-order valence-electron chi connectivity index (χ2n) is 7.76. The molecule has 0 amide bonds. The van der Waals surface area contributed by atoms with Crippen molar-refractivity contribution < 1.29 is 57.8 Å². The number of unbranched alkanes of at least 4 members (excludes halogenated alkanes) is 7. The summed E-state index contributed by atoms with van der Waals surface area (Å²) in [4.78, 5) is 0. The molecule has 13 heteroatoms. The lowest BCUT2D eigenvalue weighted by Crippen LogP contribution is -2.70. The van der Waals surface area contributed by atoms with E-state index in [1.54, 1.807) is 0 Å². The molecule has 0 aromatic carbocycles. The molecular weight excluding hydrogens is 472 g/mol. The van der Waals surface area contributed by atoms with Gasteiger partial charge in [-0.05, 0) is 12.8 Å². The molecule has 0 aromatic heterocycles. The van der Waals surface area contributed by atoms with E-state index in [0.717, 1.165) is 6.92 Å². The van der Waals surface area contributed by atoms with Crippen molar-refractivity contribution in [1.82, 2.24) is 0 Å². The zero-order valence-corrected chi connectivity index (χ0v) is 17.5. The molecule has 0 bridgehead atoms. The lowest BCUT2D eigenvalue weighted by atomic mass is 9.88. The first kappa shape index (κ1) is 31.1. The van der Waals surface area contributed by atoms with E-state index in [2.05, 4.69) is 0 Å². The first-order valence-electron chi connectivity index (χ1n) is 10.2. The van der Waals surface area contributed by atoms with Crippen LogP contribution in [0.25, 0.3) is 0 Å². The number of rotatable bonds is 17. The highest BCUT2D eigenvalue weighted by atomic mass is 19.4. The highest BCUT2D eigenvalue weighted by Gasteiger charge is 2.89. The summed E-state index contributed by atoms with van der Waals surface area (Å²) in [5.41, 5.74) is 0. The van der Waals surface area contributed by atoms with Crippen molar-refractivity contribution in [1.29, 1.82) is 0 Å². The van der Waals surface area contributed by atoms with Crippen LogP contribution in [0, 0.1) is 0 Å². The lowest BCUT2D eigenvalue weighted by molar-refractivity contribution is -0.425. The maximum Gasteiger partial charge on any atom is 0.384 e. The highest BCUT2D eigenvalue weighted by molar-refractivity contribution is 5.11. The van der Waals surface area contributed by atoms with Gasteiger partial charge in [0, 0.05) is 19.4 Å². The Morgan fingerprint density at radius 1 is 0.438 bits per heavy atom. The van der Waals surface area contributed by atoms with Crippen LogP contribution in [0.2, 0.25) is 0 Å². The van der Waals surface area contributed by atoms with Gasteiger partial charge in [-0.15, -0.1) is 0 Å². The Bertz CT molecular complexity index is 548. The van der Waals surface area contributed by atoms with Gasteiger partial charge in [-0.1, -0.05) is 51.9 Å². The molecule has 0 atom stereocenters. The number of hydrogen-bond donors (Lipinski definition) is 1. The molecule has 0 unspecified atom stereocenters. The Balaban J connectivity index is 5.24. The fourth-order valence-corrected chi connectivity index (χ4v) is 3.00. The minimum atomic E-state index is -7.46. The molecule has 0 radical (unpaired) electrons. The Labute approximate surface area is 178 Å². The van der Waals surface area contributed by atoms with Gasteiger partial charge in [-0.2, -0.15) is 52.7 Å². The largest absolute Gasteiger partial charge is 0.396 e. The third-order valence-corrected chi connectivity index (χ3v) is 5.06. The Morgan fingerprint density at radius 2 is 0.750 bits per heavy atom. The van der Waals surface area contributed by atoms with Crippen LogP contribution in [0.4, 0.5) is 52.7 Å². The molecule has 0 aliphatic carbocycles. The predicted molar refractivity (Wildman–Crippen MR) is 93.2 cm³/mol. The van der Waals surface area contributed by atoms with E-state index < -0.39 is 61.2 Å². The minimum absolute atomic E-state index is 0.00481. The van der Waals surface area contributed by atoms with Crippen molar-refractivity contribution in [2.75, 3.05) is 6.61 Å². The molecule has 1 nitrogen and oxygen atoms in total. The van der Waals surface area contributed by atoms with E-state index in [-0.39, 0.29) is 19.4 Å². The molecule has 0 aliphatic heterocycles. The average Bonchev–Trinajstić information content (AvgIpc) is 2.65. The van der Waals surface area contributed by atoms with E-state index in [1.165, 1.54) is 0 Å². The van der Waals surface area contributed by atoms with Gasteiger partial charge in [0.1, 0.15) is 0 Å². The van der Waals surface area contributed by atoms with E-state index in [4.69, 9.17) is 5.11 Å². The van der Waals surface area contributed by atoms with E-state index >= 15 is 0 Å². The monoisotopic (exact) mass is 500 g/mol. The predicted octanol–water partition coefficient (Wildman–Crippen LogP) is 8.10. The van der Waals surface area contributed by atoms with Crippen LogP contribution in [0.15, 0.2) is 0 Å². The second-order valence-corrected chi connectivity index (χ2v) is 7.76. The van der Waals surface area contributed by atoms with Crippen LogP contribution < -0.4 is 0 Å². The first-order chi connectivity index (χ1) is 14.4. The SMILES string of the molecule is CCCC(F)(F)C(F)(F)C(F)(F)C(F)(F)C(F)(F)C(F)(F)CCCCCCCCCCO. The summed E-state index contributed by atoms with van der Waals surface area (Å²) in [6, 6.07) is 0. The van der Waals surface area contributed by atoms with Gasteiger partial charge >= 0.3 is 35.5 Å². The molecule has 0 rings (SSSR count). The number of alkyl halides is 12. The molecule has 0 aromatic rings. The maximum atomic E-state index is 13.8. The summed E-state index contributed by atoms with van der Waals surface area (Å²) in [7, 11) is 0. The fraction of sp³-hybridized carbons (Fsp3) is 1.00. The van der Waals surface area contributed by atoms with Gasteiger partial charge in [0.2, 0.25) is 0 Å². The minimum Gasteiger partial charge on any atom is -0.396 e. The summed E-state index contributed by atoms with van der Waals surface area (Å²) in [5, 5.41) is 8.59. The van der Waals surface area contributed by atoms with E-state index in [9.17, 15) is 52.7 Å². The van der Waals surface area contributed by atoms with Crippen molar-refractivity contribution in [2.45, 2.75) is 113 Å². The van der Waals surface area contributed by atoms with Crippen molar-refractivity contribution in [3.63, 3.8) is 0 Å². The number of halogens is 12. The summed E-state index contributed by atoms with van der Waals surface area (Å²) < 4.78 is 163. The molecule has 194 valence electrons. The van der Waals surface area contributed by atoms with Crippen molar-refractivity contribution in [2.24, 2.45) is 0 Å². The van der Waals surface area contributed by atoms with Crippen molar-refractivity contribution in [3.8, 4) is 0 Å². The van der Waals surface area contributed by atoms with Gasteiger partial charge in [-0.3, -0.25) is 0 Å². The molecule has 0 saturated heterocycles. The molecule has 0 saturated carbocycles. The molecular formula is C19H28F12O. The Hall–Kier alpha value is -0.880. The number of hydrogen-bond acceptors (Lipinski definition) is 1. The van der Waals surface area contributed by atoms with Gasteiger partial charge in [-0.25, -0.2) is 0 Å². The number of aliphatic hydroxyl groups excluding tert-OH is 1. The third-order valence-electron chi connectivity index (χ3n) is 5.06. The molecule has 32 heavy (non-hydrogen) atoms. The second kappa shape index (κ2) is 11.5. The molecule has 1 N–H and O–H groups in total. The van der Waals surface area contributed by atoms with E-state index in [1.807, 2.05) is 0 Å². The van der Waals surface area contributed by atoms with Crippen LogP contribution in [0.5, 0.6) is 0 Å². The van der Waals surface area contributed by atoms with E-state index in [0.29, 0.717) is 32.1 Å². The molecule has 0 heterocycles. The third kappa shape index (κ3) is 6.37. The van der Waals surface area contributed by atoms with Crippen LogP contribution in [-0.2, 0) is 0 Å². The molecule has 0 aliphatic rings. The van der Waals surface area contributed by atoms with Gasteiger partial charge in [0.15, 0.2) is 0 Å². The summed E-state index contributed by atoms with van der Waals surface area (Å²) >= 11 is 0. The smallest absolute Gasteiger partial charge is 0.384 e. The van der Waals surface area contributed by atoms with Crippen molar-refractivity contribution in [3.05, 3.63) is 0 Å². The van der Waals surface area contributed by atoms with Gasteiger partial charge in [0.25, 0.3) is 0 Å². The quantitative estimate of drug-likeness (QED) is 0.158. The van der Waals surface area contributed by atoms with Crippen LogP contribution in [-0.4, -0.2) is 47.2 Å². The molecule has 0 spiro atoms. The number of aliphatic hydroxyl groups is 1. The fourth-order valence-electron chi connectivity index (χ4n) is 3.00. The normalized spacial score (nSPS) is 14.8. The topological polar surface area (TPSA) is 20.2 Å². The average molecular weight is 500 g/mol. The Kier molecular flexibility index (Phi) is 11.2. The van der Waals surface area contributed by atoms with Gasteiger partial charge in [0.05, 0.1) is 0 Å². The molecule has 0 fully saturated rings. The summed E-state index contributed by atoms with van der Waals surface area (Å²) in [6.07, 6.45) is -2.63. The Morgan fingerprint density at radius 3 is 1.09 bits per heavy atom. The van der Waals surface area contributed by atoms with Crippen molar-refractivity contribution >= 4 is 0 Å². The summed E-state index contributed by atoms with van der Waals surface area (Å²) in [6.45, 7) is 0.813. The maximum absolute atomic E-state index is 13.8.